The van der Waals surface area contributed by atoms with Gasteiger partial charge in [0.1, 0.15) is 0 Å². The first-order chi connectivity index (χ1) is 3.00. The fourth-order valence-corrected chi connectivity index (χ4v) is 0.760. The van der Waals surface area contributed by atoms with E-state index in [2.05, 4.69) is 12.2 Å². The van der Waals surface area contributed by atoms with E-state index >= 15 is 0 Å². The Balaban J connectivity index is 0. The SMILES string of the molecule is C1=CCCCC1.[Pt+2].[Pt+2]. The van der Waals surface area contributed by atoms with Gasteiger partial charge in [-0.05, 0) is 25.7 Å². The average molecular weight is 472 g/mol. The van der Waals surface area contributed by atoms with Crippen molar-refractivity contribution in [3.8, 4) is 0 Å². The fraction of sp³-hybridized carbons (Fsp3) is 0.667. The second kappa shape index (κ2) is 8.12. The van der Waals surface area contributed by atoms with Crippen molar-refractivity contribution in [1.82, 2.24) is 0 Å². The van der Waals surface area contributed by atoms with Gasteiger partial charge in [0.15, 0.2) is 0 Å². The monoisotopic (exact) mass is 472 g/mol. The summed E-state index contributed by atoms with van der Waals surface area (Å²) < 4.78 is 0. The Labute approximate surface area is 79.6 Å². The maximum absolute atomic E-state index is 2.27. The van der Waals surface area contributed by atoms with Crippen LogP contribution in [0, 0.1) is 0 Å². The van der Waals surface area contributed by atoms with Gasteiger partial charge in [-0.1, -0.05) is 12.2 Å². The van der Waals surface area contributed by atoms with E-state index in [1.165, 1.54) is 25.7 Å². The molecule has 0 bridgehead atoms. The van der Waals surface area contributed by atoms with Crippen molar-refractivity contribution in [3.05, 3.63) is 12.2 Å². The molecular formula is C6H10Pt2+4. The Hall–Kier alpha value is 1.12. The molecule has 0 amide bonds. The molecule has 0 unspecified atom stereocenters. The second-order valence-electron chi connectivity index (χ2n) is 1.76. The second-order valence-corrected chi connectivity index (χ2v) is 1.76. The predicted octanol–water partition coefficient (Wildman–Crippen LogP) is 2.11. The van der Waals surface area contributed by atoms with Gasteiger partial charge in [-0.2, -0.15) is 0 Å². The van der Waals surface area contributed by atoms with Crippen LogP contribution in [0.5, 0.6) is 0 Å². The molecule has 0 aromatic carbocycles. The average Bonchev–Trinajstić information content (AvgIpc) is 1.72. The fourth-order valence-electron chi connectivity index (χ4n) is 0.760. The van der Waals surface area contributed by atoms with Crippen LogP contribution in [0.4, 0.5) is 0 Å². The molecule has 0 aromatic rings. The first-order valence-corrected chi connectivity index (χ1v) is 2.65. The van der Waals surface area contributed by atoms with Gasteiger partial charge in [0.2, 0.25) is 0 Å². The van der Waals surface area contributed by atoms with Gasteiger partial charge >= 0.3 is 42.1 Å². The first kappa shape index (κ1) is 11.9. The molecule has 0 radical (unpaired) electrons. The minimum atomic E-state index is 0. The number of rotatable bonds is 0. The normalized spacial score (nSPS) is 16.0. The van der Waals surface area contributed by atoms with Crippen LogP contribution in [0.1, 0.15) is 25.7 Å². The maximum Gasteiger partial charge on any atom is 2.00 e. The van der Waals surface area contributed by atoms with E-state index in [1.54, 1.807) is 0 Å². The largest absolute Gasteiger partial charge is 2.00 e. The molecule has 0 N–H and O–H groups in total. The zero-order valence-corrected chi connectivity index (χ0v) is 9.16. The predicted molar refractivity (Wildman–Crippen MR) is 27.6 cm³/mol. The molecule has 1 rings (SSSR count). The molecule has 0 atom stereocenters. The van der Waals surface area contributed by atoms with E-state index in [4.69, 9.17) is 0 Å². The van der Waals surface area contributed by atoms with E-state index in [-0.39, 0.29) is 42.1 Å². The summed E-state index contributed by atoms with van der Waals surface area (Å²) in [6.07, 6.45) is 10.0. The van der Waals surface area contributed by atoms with Crippen molar-refractivity contribution in [3.63, 3.8) is 0 Å². The Morgan fingerprint density at radius 1 is 0.750 bits per heavy atom. The minimum absolute atomic E-state index is 0. The summed E-state index contributed by atoms with van der Waals surface area (Å²) in [6, 6.07) is 0. The molecule has 0 spiro atoms. The van der Waals surface area contributed by atoms with Crippen LogP contribution >= 0.6 is 0 Å². The molecule has 0 nitrogen and oxygen atoms in total. The zero-order valence-electron chi connectivity index (χ0n) is 4.62. The third-order valence-electron chi connectivity index (χ3n) is 1.16. The van der Waals surface area contributed by atoms with Crippen LogP contribution in [0.2, 0.25) is 0 Å². The smallest absolute Gasteiger partial charge is 0.0885 e. The van der Waals surface area contributed by atoms with E-state index in [0.717, 1.165) is 0 Å². The van der Waals surface area contributed by atoms with Gasteiger partial charge < -0.3 is 0 Å². The Bertz CT molecular complexity index is 51.5. The van der Waals surface area contributed by atoms with E-state index in [1.807, 2.05) is 0 Å². The summed E-state index contributed by atoms with van der Waals surface area (Å²) >= 11 is 0. The first-order valence-electron chi connectivity index (χ1n) is 2.65. The van der Waals surface area contributed by atoms with Gasteiger partial charge in [-0.25, -0.2) is 0 Å². The molecule has 0 aliphatic heterocycles. The van der Waals surface area contributed by atoms with E-state index in [9.17, 15) is 0 Å². The van der Waals surface area contributed by atoms with Crippen LogP contribution in [0.3, 0.4) is 0 Å². The quantitative estimate of drug-likeness (QED) is 0.474. The number of hydrogen-bond acceptors (Lipinski definition) is 0. The van der Waals surface area contributed by atoms with E-state index in [0.29, 0.717) is 0 Å². The molecule has 50 valence electrons. The Kier molecular flexibility index (Phi) is 12.0. The van der Waals surface area contributed by atoms with Crippen molar-refractivity contribution in [2.45, 2.75) is 25.7 Å². The Morgan fingerprint density at radius 3 is 1.25 bits per heavy atom. The molecule has 0 aromatic heterocycles. The van der Waals surface area contributed by atoms with Crippen molar-refractivity contribution < 1.29 is 42.1 Å². The van der Waals surface area contributed by atoms with Crippen LogP contribution in [0.25, 0.3) is 0 Å². The molecule has 1 aliphatic rings. The van der Waals surface area contributed by atoms with Crippen molar-refractivity contribution in [2.75, 3.05) is 0 Å². The molecule has 8 heavy (non-hydrogen) atoms. The van der Waals surface area contributed by atoms with E-state index < -0.39 is 0 Å². The van der Waals surface area contributed by atoms with Crippen molar-refractivity contribution in [1.29, 1.82) is 0 Å². The van der Waals surface area contributed by atoms with Crippen LogP contribution in [0.15, 0.2) is 12.2 Å². The summed E-state index contributed by atoms with van der Waals surface area (Å²) in [7, 11) is 0. The summed E-state index contributed by atoms with van der Waals surface area (Å²) in [5.41, 5.74) is 0. The molecule has 0 saturated carbocycles. The van der Waals surface area contributed by atoms with Crippen LogP contribution in [-0.4, -0.2) is 0 Å². The van der Waals surface area contributed by atoms with Crippen LogP contribution in [-0.2, 0) is 42.1 Å². The summed E-state index contributed by atoms with van der Waals surface area (Å²) in [5, 5.41) is 0. The number of hydrogen-bond donors (Lipinski definition) is 0. The molecular weight excluding hydrogens is 462 g/mol. The minimum Gasteiger partial charge on any atom is -0.0885 e. The van der Waals surface area contributed by atoms with Gasteiger partial charge in [0, 0.05) is 0 Å². The molecule has 2 heteroatoms. The summed E-state index contributed by atoms with van der Waals surface area (Å²) in [5.74, 6) is 0. The van der Waals surface area contributed by atoms with Gasteiger partial charge in [-0.15, -0.1) is 0 Å². The van der Waals surface area contributed by atoms with Crippen molar-refractivity contribution >= 4 is 0 Å². The number of allylic oxidation sites excluding steroid dienone is 2. The maximum atomic E-state index is 2.27. The molecule has 0 fully saturated rings. The van der Waals surface area contributed by atoms with Crippen molar-refractivity contribution in [2.24, 2.45) is 0 Å². The van der Waals surface area contributed by atoms with Gasteiger partial charge in [0.05, 0.1) is 0 Å². The van der Waals surface area contributed by atoms with Gasteiger partial charge in [0.25, 0.3) is 0 Å². The third kappa shape index (κ3) is 5.26. The molecule has 0 saturated heterocycles. The molecule has 1 aliphatic carbocycles. The van der Waals surface area contributed by atoms with Gasteiger partial charge in [-0.3, -0.25) is 0 Å². The topological polar surface area (TPSA) is 0 Å². The summed E-state index contributed by atoms with van der Waals surface area (Å²) in [6.45, 7) is 0. The third-order valence-corrected chi connectivity index (χ3v) is 1.16. The Morgan fingerprint density at radius 2 is 1.12 bits per heavy atom. The molecule has 0 heterocycles. The van der Waals surface area contributed by atoms with Crippen LogP contribution < -0.4 is 0 Å². The summed E-state index contributed by atoms with van der Waals surface area (Å²) in [4.78, 5) is 0. The standard InChI is InChI=1S/C6H10.2Pt/c1-2-4-6-5-3-1;;/h1-2H,3-6H2;;/q;2*+2. The zero-order chi connectivity index (χ0) is 4.24.